The van der Waals surface area contributed by atoms with Crippen LogP contribution in [0.1, 0.15) is 26.3 Å². The van der Waals surface area contributed by atoms with Crippen LogP contribution in [0.15, 0.2) is 6.07 Å². The normalized spacial score (nSPS) is 11.8. The van der Waals surface area contributed by atoms with Gasteiger partial charge < -0.3 is 0 Å². The van der Waals surface area contributed by atoms with Crippen LogP contribution in [0.4, 0.5) is 4.39 Å². The van der Waals surface area contributed by atoms with Crippen molar-refractivity contribution < 1.29 is 4.39 Å². The van der Waals surface area contributed by atoms with Gasteiger partial charge in [0, 0.05) is 0 Å². The number of hydrogen-bond donors (Lipinski definition) is 0. The fourth-order valence-electron chi connectivity index (χ4n) is 0.972. The molecule has 0 saturated heterocycles. The Hall–Kier alpha value is -0.340. The van der Waals surface area contributed by atoms with Gasteiger partial charge in [0.05, 0.1) is 0 Å². The van der Waals surface area contributed by atoms with Crippen LogP contribution in [0.5, 0.6) is 0 Å². The van der Waals surface area contributed by atoms with E-state index in [0.717, 1.165) is 0 Å². The molecular formula is C9H10Cl2FN. The van der Waals surface area contributed by atoms with Gasteiger partial charge in [-0.1, -0.05) is 44.0 Å². The Morgan fingerprint density at radius 2 is 1.77 bits per heavy atom. The minimum atomic E-state index is -0.531. The summed E-state index contributed by atoms with van der Waals surface area (Å²) in [5, 5.41) is 0.0805. The van der Waals surface area contributed by atoms with Crippen LogP contribution in [-0.2, 0) is 5.41 Å². The Labute approximate surface area is 86.9 Å². The van der Waals surface area contributed by atoms with Crippen molar-refractivity contribution in [1.82, 2.24) is 4.98 Å². The molecule has 0 aliphatic rings. The molecule has 1 heterocycles. The molecule has 0 atom stereocenters. The lowest BCUT2D eigenvalue weighted by Crippen LogP contribution is -2.13. The fraction of sp³-hybridized carbons (Fsp3) is 0.444. The highest BCUT2D eigenvalue weighted by Gasteiger charge is 2.20. The molecule has 0 aromatic carbocycles. The quantitative estimate of drug-likeness (QED) is 0.608. The molecule has 72 valence electrons. The second-order valence-electron chi connectivity index (χ2n) is 3.85. The van der Waals surface area contributed by atoms with Gasteiger partial charge in [-0.2, -0.15) is 0 Å². The van der Waals surface area contributed by atoms with Crippen molar-refractivity contribution in [3.05, 3.63) is 27.8 Å². The van der Waals surface area contributed by atoms with E-state index in [0.29, 0.717) is 5.56 Å². The van der Waals surface area contributed by atoms with Gasteiger partial charge in [0.25, 0.3) is 0 Å². The van der Waals surface area contributed by atoms with Crippen LogP contribution in [0.3, 0.4) is 0 Å². The summed E-state index contributed by atoms with van der Waals surface area (Å²) < 4.78 is 13.0. The van der Waals surface area contributed by atoms with E-state index in [1.807, 2.05) is 20.8 Å². The highest BCUT2D eigenvalue weighted by molar-refractivity contribution is 6.33. The molecule has 0 aliphatic carbocycles. The van der Waals surface area contributed by atoms with E-state index < -0.39 is 5.82 Å². The lowest BCUT2D eigenvalue weighted by atomic mass is 9.88. The topological polar surface area (TPSA) is 12.9 Å². The smallest absolute Gasteiger partial charge is 0.166 e. The second kappa shape index (κ2) is 3.43. The predicted molar refractivity (Wildman–Crippen MR) is 52.9 cm³/mol. The number of hydrogen-bond acceptors (Lipinski definition) is 1. The molecule has 0 fully saturated rings. The first-order chi connectivity index (χ1) is 5.82. The maximum atomic E-state index is 13.0. The number of rotatable bonds is 0. The molecule has 0 unspecified atom stereocenters. The third-order valence-corrected chi connectivity index (χ3v) is 2.25. The molecule has 0 bridgehead atoms. The van der Waals surface area contributed by atoms with E-state index in [2.05, 4.69) is 4.98 Å². The Morgan fingerprint density at radius 1 is 1.23 bits per heavy atom. The number of nitrogens with zero attached hydrogens (tertiary/aromatic N) is 1. The first-order valence-corrected chi connectivity index (χ1v) is 4.60. The molecule has 1 rings (SSSR count). The third-order valence-electron chi connectivity index (χ3n) is 1.69. The molecule has 0 amide bonds. The maximum Gasteiger partial charge on any atom is 0.166 e. The van der Waals surface area contributed by atoms with Gasteiger partial charge >= 0.3 is 0 Å². The zero-order valence-electron chi connectivity index (χ0n) is 7.66. The highest BCUT2D eigenvalue weighted by atomic mass is 35.5. The SMILES string of the molecule is CC(C)(C)c1cc(F)c(Cl)nc1Cl. The van der Waals surface area contributed by atoms with E-state index >= 15 is 0 Å². The lowest BCUT2D eigenvalue weighted by molar-refractivity contribution is 0.566. The van der Waals surface area contributed by atoms with Crippen LogP contribution in [0.2, 0.25) is 10.3 Å². The van der Waals surface area contributed by atoms with Gasteiger partial charge in [-0.3, -0.25) is 0 Å². The first-order valence-electron chi connectivity index (χ1n) is 3.84. The van der Waals surface area contributed by atoms with Crippen molar-refractivity contribution in [2.24, 2.45) is 0 Å². The molecule has 1 aromatic rings. The van der Waals surface area contributed by atoms with Crippen molar-refractivity contribution >= 4 is 23.2 Å². The first kappa shape index (κ1) is 10.7. The highest BCUT2D eigenvalue weighted by Crippen LogP contribution is 2.30. The molecule has 4 heteroatoms. The largest absolute Gasteiger partial charge is 0.221 e. The van der Waals surface area contributed by atoms with Gasteiger partial charge in [-0.25, -0.2) is 9.37 Å². The van der Waals surface area contributed by atoms with Crippen LogP contribution in [-0.4, -0.2) is 4.98 Å². The average Bonchev–Trinajstić information content (AvgIpc) is 1.94. The zero-order chi connectivity index (χ0) is 10.2. The summed E-state index contributed by atoms with van der Waals surface area (Å²) in [6.45, 7) is 5.80. The standard InChI is InChI=1S/C9H10Cl2FN/c1-9(2,3)5-4-6(12)8(11)13-7(5)10/h4H,1-3H3. The lowest BCUT2D eigenvalue weighted by Gasteiger charge is -2.19. The molecule has 1 nitrogen and oxygen atoms in total. The predicted octanol–water partition coefficient (Wildman–Crippen LogP) is 3.83. The van der Waals surface area contributed by atoms with E-state index in [-0.39, 0.29) is 15.7 Å². The Bertz CT molecular complexity index is 331. The maximum absolute atomic E-state index is 13.0. The summed E-state index contributed by atoms with van der Waals surface area (Å²) >= 11 is 11.3. The number of pyridine rings is 1. The van der Waals surface area contributed by atoms with Crippen molar-refractivity contribution in [2.45, 2.75) is 26.2 Å². The van der Waals surface area contributed by atoms with Gasteiger partial charge in [-0.05, 0) is 17.0 Å². The van der Waals surface area contributed by atoms with E-state index in [4.69, 9.17) is 23.2 Å². The Morgan fingerprint density at radius 3 is 2.23 bits per heavy atom. The van der Waals surface area contributed by atoms with E-state index in [9.17, 15) is 4.39 Å². The number of aromatic nitrogens is 1. The second-order valence-corrected chi connectivity index (χ2v) is 4.57. The molecule has 1 aromatic heterocycles. The molecular weight excluding hydrogens is 212 g/mol. The summed E-state index contributed by atoms with van der Waals surface area (Å²) in [5.41, 5.74) is 0.436. The van der Waals surface area contributed by atoms with Crippen LogP contribution < -0.4 is 0 Å². The van der Waals surface area contributed by atoms with Crippen LogP contribution in [0.25, 0.3) is 0 Å². The molecule has 0 aliphatic heterocycles. The molecule has 0 spiro atoms. The zero-order valence-corrected chi connectivity index (χ0v) is 9.17. The average molecular weight is 222 g/mol. The van der Waals surface area contributed by atoms with Gasteiger partial charge in [-0.15, -0.1) is 0 Å². The van der Waals surface area contributed by atoms with Gasteiger partial charge in [0.2, 0.25) is 0 Å². The summed E-state index contributed by atoms with van der Waals surface area (Å²) in [6.07, 6.45) is 0. The van der Waals surface area contributed by atoms with Crippen LogP contribution >= 0.6 is 23.2 Å². The Kier molecular flexibility index (Phi) is 2.83. The molecule has 0 saturated carbocycles. The summed E-state index contributed by atoms with van der Waals surface area (Å²) in [5.74, 6) is -0.531. The minimum absolute atomic E-state index is 0.182. The van der Waals surface area contributed by atoms with Crippen molar-refractivity contribution in [3.8, 4) is 0 Å². The summed E-state index contributed by atoms with van der Waals surface area (Å²) in [6, 6.07) is 1.33. The van der Waals surface area contributed by atoms with Crippen molar-refractivity contribution in [2.75, 3.05) is 0 Å². The summed E-state index contributed by atoms with van der Waals surface area (Å²) in [7, 11) is 0. The molecule has 0 N–H and O–H groups in total. The minimum Gasteiger partial charge on any atom is -0.221 e. The van der Waals surface area contributed by atoms with Gasteiger partial charge in [0.15, 0.2) is 11.0 Å². The summed E-state index contributed by atoms with van der Waals surface area (Å²) in [4.78, 5) is 3.70. The van der Waals surface area contributed by atoms with Crippen molar-refractivity contribution in [1.29, 1.82) is 0 Å². The van der Waals surface area contributed by atoms with Crippen LogP contribution in [0, 0.1) is 5.82 Å². The molecule has 13 heavy (non-hydrogen) atoms. The van der Waals surface area contributed by atoms with Gasteiger partial charge in [0.1, 0.15) is 5.15 Å². The van der Waals surface area contributed by atoms with E-state index in [1.165, 1.54) is 6.07 Å². The fourth-order valence-corrected chi connectivity index (χ4v) is 1.58. The Balaban J connectivity index is 3.32. The monoisotopic (exact) mass is 221 g/mol. The molecule has 0 radical (unpaired) electrons. The third kappa shape index (κ3) is 2.32. The van der Waals surface area contributed by atoms with E-state index in [1.54, 1.807) is 0 Å². The number of halogens is 3. The van der Waals surface area contributed by atoms with Crippen molar-refractivity contribution in [3.63, 3.8) is 0 Å².